The van der Waals surface area contributed by atoms with Crippen LogP contribution in [0, 0.1) is 11.3 Å². The number of nitrogens with zero attached hydrogens (tertiary/aromatic N) is 4. The highest BCUT2D eigenvalue weighted by Crippen LogP contribution is 2.37. The van der Waals surface area contributed by atoms with Crippen molar-refractivity contribution in [2.24, 2.45) is 0 Å². The molecular weight excluding hydrogens is 444 g/mol. The summed E-state index contributed by atoms with van der Waals surface area (Å²) in [5.74, 6) is 0.0401. The molecule has 9 heteroatoms. The first-order valence-electron chi connectivity index (χ1n) is 10.7. The van der Waals surface area contributed by atoms with Gasteiger partial charge in [0.25, 0.3) is 0 Å². The largest absolute Gasteiger partial charge is 0.310 e. The van der Waals surface area contributed by atoms with Crippen molar-refractivity contribution in [1.29, 1.82) is 5.26 Å². The molecule has 0 N–H and O–H groups in total. The molecule has 7 nitrogen and oxygen atoms in total. The van der Waals surface area contributed by atoms with Crippen LogP contribution in [0.4, 0.5) is 5.69 Å². The lowest BCUT2D eigenvalue weighted by atomic mass is 10.2. The maximum absolute atomic E-state index is 13.2. The van der Waals surface area contributed by atoms with Gasteiger partial charge < -0.3 is 4.90 Å². The van der Waals surface area contributed by atoms with Crippen LogP contribution in [-0.2, 0) is 14.8 Å². The predicted octanol–water partition coefficient (Wildman–Crippen LogP) is 2.78. The molecule has 1 amide bonds. The Hall–Kier alpha value is -2.38. The Morgan fingerprint density at radius 2 is 1.75 bits per heavy atom. The zero-order valence-corrected chi connectivity index (χ0v) is 19.6. The highest BCUT2D eigenvalue weighted by Gasteiger charge is 2.32. The molecule has 0 radical (unpaired) electrons. The molecule has 2 aromatic carbocycles. The van der Waals surface area contributed by atoms with Crippen molar-refractivity contribution in [2.75, 3.05) is 44.2 Å². The number of thioether (sulfide) groups is 1. The molecule has 2 aliphatic heterocycles. The van der Waals surface area contributed by atoms with Gasteiger partial charge >= 0.3 is 0 Å². The number of carbonyl (C=O) groups is 1. The van der Waals surface area contributed by atoms with Crippen LogP contribution in [0.15, 0.2) is 58.3 Å². The van der Waals surface area contributed by atoms with Crippen LogP contribution in [0.3, 0.4) is 0 Å². The van der Waals surface area contributed by atoms with Gasteiger partial charge in [0.2, 0.25) is 15.9 Å². The van der Waals surface area contributed by atoms with Crippen molar-refractivity contribution in [3.05, 3.63) is 54.1 Å². The first-order valence-corrected chi connectivity index (χ1v) is 13.0. The van der Waals surface area contributed by atoms with Crippen molar-refractivity contribution in [3.63, 3.8) is 0 Å². The summed E-state index contributed by atoms with van der Waals surface area (Å²) < 4.78 is 27.5. The second-order valence-corrected chi connectivity index (χ2v) is 11.4. The number of hydrogen-bond donors (Lipinski definition) is 0. The molecule has 0 spiro atoms. The number of sulfonamides is 1. The summed E-state index contributed by atoms with van der Waals surface area (Å²) in [7, 11) is -3.74. The van der Waals surface area contributed by atoms with E-state index in [0.29, 0.717) is 38.0 Å². The van der Waals surface area contributed by atoms with E-state index in [0.717, 1.165) is 17.0 Å². The first kappa shape index (κ1) is 22.8. The fraction of sp³-hybridized carbons (Fsp3) is 0.391. The number of para-hydroxylation sites is 1. The molecule has 168 valence electrons. The Bertz CT molecular complexity index is 1140. The topological polar surface area (TPSA) is 84.7 Å². The van der Waals surface area contributed by atoms with Crippen molar-refractivity contribution < 1.29 is 13.2 Å². The van der Waals surface area contributed by atoms with Crippen molar-refractivity contribution in [1.82, 2.24) is 9.21 Å². The van der Waals surface area contributed by atoms with E-state index < -0.39 is 10.0 Å². The number of amides is 1. The third-order valence-electron chi connectivity index (χ3n) is 5.86. The molecule has 4 rings (SSSR count). The van der Waals surface area contributed by atoms with Crippen molar-refractivity contribution in [2.45, 2.75) is 28.4 Å². The Balaban J connectivity index is 1.41. The molecular formula is C23H26N4O3S2. The zero-order chi connectivity index (χ0) is 22.7. The summed E-state index contributed by atoms with van der Waals surface area (Å²) in [6, 6.07) is 16.2. The van der Waals surface area contributed by atoms with Crippen molar-refractivity contribution in [3.8, 4) is 6.07 Å². The van der Waals surface area contributed by atoms with Crippen LogP contribution in [0.2, 0.25) is 0 Å². The molecule has 2 aromatic rings. The lowest BCUT2D eigenvalue weighted by Crippen LogP contribution is -2.51. The molecule has 1 unspecified atom stereocenters. The molecule has 0 aromatic heterocycles. The molecule has 1 fully saturated rings. The minimum atomic E-state index is -3.74. The first-order chi connectivity index (χ1) is 15.4. The number of piperazine rings is 1. The van der Waals surface area contributed by atoms with Gasteiger partial charge in [-0.3, -0.25) is 9.69 Å². The zero-order valence-electron chi connectivity index (χ0n) is 18.0. The predicted molar refractivity (Wildman–Crippen MR) is 125 cm³/mol. The summed E-state index contributed by atoms with van der Waals surface area (Å²) in [6.45, 7) is 4.65. The monoisotopic (exact) mass is 470 g/mol. The number of fused-ring (bicyclic) bond motifs is 1. The quantitative estimate of drug-likeness (QED) is 0.683. The Morgan fingerprint density at radius 3 is 2.50 bits per heavy atom. The average Bonchev–Trinajstić information content (AvgIpc) is 2.97. The number of anilines is 1. The normalized spacial score (nSPS) is 20.2. The van der Waals surface area contributed by atoms with E-state index in [-0.39, 0.29) is 22.9 Å². The molecule has 0 bridgehead atoms. The van der Waals surface area contributed by atoms with E-state index in [2.05, 4.69) is 13.0 Å². The van der Waals surface area contributed by atoms with E-state index in [9.17, 15) is 18.5 Å². The molecule has 32 heavy (non-hydrogen) atoms. The van der Waals surface area contributed by atoms with E-state index in [1.54, 1.807) is 23.9 Å². The molecule has 1 atom stereocenters. The van der Waals surface area contributed by atoms with Gasteiger partial charge in [0.1, 0.15) is 6.07 Å². The highest BCUT2D eigenvalue weighted by molar-refractivity contribution is 8.00. The number of hydrogen-bond acceptors (Lipinski definition) is 6. The van der Waals surface area contributed by atoms with E-state index in [1.807, 2.05) is 34.1 Å². The Morgan fingerprint density at radius 1 is 1.06 bits per heavy atom. The van der Waals surface area contributed by atoms with E-state index >= 15 is 0 Å². The van der Waals surface area contributed by atoms with Gasteiger partial charge in [-0.15, -0.1) is 11.8 Å². The summed E-state index contributed by atoms with van der Waals surface area (Å²) in [4.78, 5) is 18.2. The maximum Gasteiger partial charge on any atom is 0.244 e. The summed E-state index contributed by atoms with van der Waals surface area (Å²) in [5.41, 5.74) is 1.11. The van der Waals surface area contributed by atoms with Gasteiger partial charge in [0.15, 0.2) is 0 Å². The summed E-state index contributed by atoms with van der Waals surface area (Å²) >= 11 is 1.80. The third kappa shape index (κ3) is 4.69. The lowest BCUT2D eigenvalue weighted by molar-refractivity contribution is -0.120. The van der Waals surface area contributed by atoms with Crippen LogP contribution < -0.4 is 4.90 Å². The fourth-order valence-electron chi connectivity index (χ4n) is 4.07. The van der Waals surface area contributed by atoms with Gasteiger partial charge in [-0.1, -0.05) is 31.2 Å². The van der Waals surface area contributed by atoms with Gasteiger partial charge in [-0.25, -0.2) is 8.42 Å². The van der Waals surface area contributed by atoms with Crippen molar-refractivity contribution >= 4 is 33.4 Å². The van der Waals surface area contributed by atoms with Crippen LogP contribution >= 0.6 is 11.8 Å². The molecule has 0 saturated carbocycles. The number of carbonyl (C=O) groups excluding carboxylic acids is 1. The standard InChI is InChI=1S/C23H26N4O3S2/c1-18-10-11-27(20-7-3-4-8-21(20)31-18)23(28)17-25-12-14-26(15-13-25)32(29,30)22-9-5-2-6-19(22)16-24/h2-9,18H,10-15,17H2,1H3. The second-order valence-electron chi connectivity index (χ2n) is 8.02. The number of benzene rings is 2. The second kappa shape index (κ2) is 9.63. The number of nitriles is 1. The molecule has 2 aliphatic rings. The highest BCUT2D eigenvalue weighted by atomic mass is 32.2. The lowest BCUT2D eigenvalue weighted by Gasteiger charge is -2.34. The van der Waals surface area contributed by atoms with Crippen LogP contribution in [0.1, 0.15) is 18.9 Å². The number of rotatable bonds is 4. The maximum atomic E-state index is 13.2. The molecule has 2 heterocycles. The summed E-state index contributed by atoms with van der Waals surface area (Å²) in [6.07, 6.45) is 0.926. The van der Waals surface area contributed by atoms with Gasteiger partial charge in [-0.05, 0) is 30.7 Å². The Kier molecular flexibility index (Phi) is 6.86. The third-order valence-corrected chi connectivity index (χ3v) is 9.05. The van der Waals surface area contributed by atoms with Gasteiger partial charge in [-0.2, -0.15) is 9.57 Å². The van der Waals surface area contributed by atoms with E-state index in [1.165, 1.54) is 16.4 Å². The van der Waals surface area contributed by atoms with E-state index in [4.69, 9.17) is 0 Å². The van der Waals surface area contributed by atoms with Gasteiger partial charge in [0, 0.05) is 42.9 Å². The molecule has 1 saturated heterocycles. The fourth-order valence-corrected chi connectivity index (χ4v) is 6.75. The average molecular weight is 471 g/mol. The SMILES string of the molecule is CC1CCN(C(=O)CN2CCN(S(=O)(=O)c3ccccc3C#N)CC2)c2ccccc2S1. The molecule has 0 aliphatic carbocycles. The minimum absolute atomic E-state index is 0.0401. The summed E-state index contributed by atoms with van der Waals surface area (Å²) in [5, 5.41) is 9.71. The Labute approximate surface area is 193 Å². The minimum Gasteiger partial charge on any atom is -0.310 e. The van der Waals surface area contributed by atoms with Crippen LogP contribution in [0.25, 0.3) is 0 Å². The van der Waals surface area contributed by atoms with Crippen LogP contribution in [-0.4, -0.2) is 68.0 Å². The van der Waals surface area contributed by atoms with Crippen LogP contribution in [0.5, 0.6) is 0 Å². The smallest absolute Gasteiger partial charge is 0.244 e. The van der Waals surface area contributed by atoms with Gasteiger partial charge in [0.05, 0.1) is 22.7 Å².